The van der Waals surface area contributed by atoms with Crippen molar-refractivity contribution in [1.29, 1.82) is 0 Å². The van der Waals surface area contributed by atoms with Crippen LogP contribution in [-0.2, 0) is 9.47 Å². The predicted molar refractivity (Wildman–Crippen MR) is 50.7 cm³/mol. The van der Waals surface area contributed by atoms with Crippen molar-refractivity contribution >= 4 is 0 Å². The smallest absolute Gasteiger partial charge is 0.382 e. The van der Waals surface area contributed by atoms with Crippen LogP contribution in [0, 0.1) is 0 Å². The van der Waals surface area contributed by atoms with Gasteiger partial charge in [0.15, 0.2) is 18.3 Å². The SMILES string of the molecule is OC(COCC(OCC(O)C(F)(F)F)C(F)(F)F)C(F)(F)F. The van der Waals surface area contributed by atoms with E-state index in [0.29, 0.717) is 0 Å². The maximum absolute atomic E-state index is 12.4. The molecule has 0 saturated heterocycles. The molecule has 4 nitrogen and oxygen atoms in total. The van der Waals surface area contributed by atoms with Gasteiger partial charge in [0.2, 0.25) is 0 Å². The Bertz CT molecular complexity index is 325. The fraction of sp³-hybridized carbons (Fsp3) is 1.00. The van der Waals surface area contributed by atoms with E-state index in [0.717, 1.165) is 0 Å². The summed E-state index contributed by atoms with van der Waals surface area (Å²) in [6.07, 6.45) is -24.8. The van der Waals surface area contributed by atoms with Crippen molar-refractivity contribution < 1.29 is 59.2 Å². The molecule has 0 aliphatic carbocycles. The molecule has 0 radical (unpaired) electrons. The highest BCUT2D eigenvalue weighted by Crippen LogP contribution is 2.26. The van der Waals surface area contributed by atoms with E-state index < -0.39 is 56.7 Å². The van der Waals surface area contributed by atoms with Crippen LogP contribution in [0.25, 0.3) is 0 Å². The molecule has 0 aromatic rings. The van der Waals surface area contributed by atoms with Gasteiger partial charge in [0, 0.05) is 0 Å². The Morgan fingerprint density at radius 2 is 1.05 bits per heavy atom. The van der Waals surface area contributed by atoms with Crippen molar-refractivity contribution in [3.8, 4) is 0 Å². The highest BCUT2D eigenvalue weighted by atomic mass is 19.4. The molecule has 3 unspecified atom stereocenters. The summed E-state index contributed by atoms with van der Waals surface area (Å²) in [6, 6.07) is 0. The minimum Gasteiger partial charge on any atom is -0.382 e. The lowest BCUT2D eigenvalue weighted by Crippen LogP contribution is -2.42. The zero-order valence-corrected chi connectivity index (χ0v) is 10.5. The molecule has 2 N–H and O–H groups in total. The predicted octanol–water partition coefficient (Wildman–Crippen LogP) is 1.80. The fourth-order valence-corrected chi connectivity index (χ4v) is 0.920. The number of aliphatic hydroxyl groups is 2. The maximum Gasteiger partial charge on any atom is 0.416 e. The van der Waals surface area contributed by atoms with Gasteiger partial charge in [-0.25, -0.2) is 0 Å². The molecule has 0 amide bonds. The van der Waals surface area contributed by atoms with Gasteiger partial charge in [-0.15, -0.1) is 0 Å². The molecule has 0 aromatic heterocycles. The molecule has 0 rings (SSSR count). The third-order valence-corrected chi connectivity index (χ3v) is 2.12. The monoisotopic (exact) mass is 354 g/mol. The summed E-state index contributed by atoms with van der Waals surface area (Å²) in [5.74, 6) is 0. The van der Waals surface area contributed by atoms with E-state index in [1.807, 2.05) is 0 Å². The molecule has 134 valence electrons. The van der Waals surface area contributed by atoms with E-state index in [2.05, 4.69) is 9.47 Å². The van der Waals surface area contributed by atoms with Crippen LogP contribution in [0.15, 0.2) is 0 Å². The number of aliphatic hydroxyl groups excluding tert-OH is 2. The van der Waals surface area contributed by atoms with Crippen molar-refractivity contribution in [3.05, 3.63) is 0 Å². The topological polar surface area (TPSA) is 58.9 Å². The lowest BCUT2D eigenvalue weighted by Gasteiger charge is -2.24. The number of alkyl halides is 9. The third-order valence-electron chi connectivity index (χ3n) is 2.12. The number of rotatable bonds is 7. The molecule has 0 fully saturated rings. The molecule has 0 bridgehead atoms. The van der Waals surface area contributed by atoms with Crippen LogP contribution < -0.4 is 0 Å². The van der Waals surface area contributed by atoms with Crippen LogP contribution in [0.2, 0.25) is 0 Å². The molecule has 13 heteroatoms. The largest absolute Gasteiger partial charge is 0.416 e. The van der Waals surface area contributed by atoms with Crippen LogP contribution in [0.4, 0.5) is 39.5 Å². The third kappa shape index (κ3) is 8.00. The first kappa shape index (κ1) is 21.2. The van der Waals surface area contributed by atoms with Crippen molar-refractivity contribution in [2.45, 2.75) is 36.8 Å². The lowest BCUT2D eigenvalue weighted by molar-refractivity contribution is -0.267. The molecule has 22 heavy (non-hydrogen) atoms. The normalized spacial score (nSPS) is 18.1. The van der Waals surface area contributed by atoms with E-state index in [1.165, 1.54) is 0 Å². The first-order valence-corrected chi connectivity index (χ1v) is 5.41. The molecule has 3 atom stereocenters. The first-order valence-electron chi connectivity index (χ1n) is 5.41. The highest BCUT2D eigenvalue weighted by molar-refractivity contribution is 4.72. The zero-order valence-electron chi connectivity index (χ0n) is 10.5. The number of hydrogen-bond acceptors (Lipinski definition) is 4. The van der Waals surface area contributed by atoms with E-state index >= 15 is 0 Å². The van der Waals surface area contributed by atoms with Gasteiger partial charge in [-0.2, -0.15) is 39.5 Å². The number of hydrogen-bond donors (Lipinski definition) is 2. The average molecular weight is 354 g/mol. The van der Waals surface area contributed by atoms with Gasteiger partial charge in [0.1, 0.15) is 0 Å². The maximum atomic E-state index is 12.4. The molecule has 0 aromatic carbocycles. The minimum atomic E-state index is -5.24. The number of ether oxygens (including phenoxy) is 2. The van der Waals surface area contributed by atoms with Crippen molar-refractivity contribution in [3.63, 3.8) is 0 Å². The Morgan fingerprint density at radius 1 is 0.636 bits per heavy atom. The minimum absolute atomic E-state index is 1.55. The summed E-state index contributed by atoms with van der Waals surface area (Å²) in [5, 5.41) is 16.9. The van der Waals surface area contributed by atoms with Gasteiger partial charge in [-0.1, -0.05) is 0 Å². The molecule has 0 spiro atoms. The lowest BCUT2D eigenvalue weighted by atomic mass is 10.3. The quantitative estimate of drug-likeness (QED) is 0.685. The molecule has 0 aliphatic rings. The second-order valence-electron chi connectivity index (χ2n) is 4.02. The van der Waals surface area contributed by atoms with Gasteiger partial charge in [-0.05, 0) is 0 Å². The Kier molecular flexibility index (Phi) is 7.38. The Balaban J connectivity index is 4.44. The first-order chi connectivity index (χ1) is 9.65. The highest BCUT2D eigenvalue weighted by Gasteiger charge is 2.45. The van der Waals surface area contributed by atoms with Crippen LogP contribution in [-0.4, -0.2) is 66.9 Å². The zero-order chi connectivity index (χ0) is 17.8. The molecule has 0 heterocycles. The fourth-order valence-electron chi connectivity index (χ4n) is 0.920. The summed E-state index contributed by atoms with van der Waals surface area (Å²) in [7, 11) is 0. The van der Waals surface area contributed by atoms with Gasteiger partial charge >= 0.3 is 18.5 Å². The molecular weight excluding hydrogens is 343 g/mol. The van der Waals surface area contributed by atoms with Gasteiger partial charge in [-0.3, -0.25) is 0 Å². The Hall–Kier alpha value is -0.790. The van der Waals surface area contributed by atoms with E-state index in [-0.39, 0.29) is 0 Å². The summed E-state index contributed by atoms with van der Waals surface area (Å²) in [6.45, 7) is -4.92. The molecule has 0 aliphatic heterocycles. The van der Waals surface area contributed by atoms with Crippen molar-refractivity contribution in [1.82, 2.24) is 0 Å². The molecule has 0 saturated carbocycles. The van der Waals surface area contributed by atoms with Crippen LogP contribution in [0.5, 0.6) is 0 Å². The second kappa shape index (κ2) is 7.66. The van der Waals surface area contributed by atoms with E-state index in [1.54, 1.807) is 0 Å². The Labute approximate surface area is 117 Å². The van der Waals surface area contributed by atoms with E-state index in [4.69, 9.17) is 10.2 Å². The summed E-state index contributed by atoms with van der Waals surface area (Å²) >= 11 is 0. The standard InChI is InChI=1S/C9H11F9O4/c10-7(11,12)4(19)1-21-3-6(9(16,17)18)22-2-5(20)8(13,14)15/h4-6,19-20H,1-3H2. The van der Waals surface area contributed by atoms with Crippen molar-refractivity contribution in [2.24, 2.45) is 0 Å². The summed E-state index contributed by atoms with van der Waals surface area (Å²) < 4.78 is 116. The van der Waals surface area contributed by atoms with Gasteiger partial charge in [0.25, 0.3) is 0 Å². The van der Waals surface area contributed by atoms with E-state index in [9.17, 15) is 39.5 Å². The summed E-state index contributed by atoms with van der Waals surface area (Å²) in [4.78, 5) is 0. The summed E-state index contributed by atoms with van der Waals surface area (Å²) in [5.41, 5.74) is 0. The van der Waals surface area contributed by atoms with Gasteiger partial charge in [0.05, 0.1) is 19.8 Å². The Morgan fingerprint density at radius 3 is 1.41 bits per heavy atom. The second-order valence-corrected chi connectivity index (χ2v) is 4.02. The van der Waals surface area contributed by atoms with Crippen LogP contribution in [0.3, 0.4) is 0 Å². The van der Waals surface area contributed by atoms with Crippen molar-refractivity contribution in [2.75, 3.05) is 19.8 Å². The van der Waals surface area contributed by atoms with Gasteiger partial charge < -0.3 is 19.7 Å². The number of halogens is 9. The van der Waals surface area contributed by atoms with Crippen LogP contribution >= 0.6 is 0 Å². The average Bonchev–Trinajstić information content (AvgIpc) is 2.28. The molecular formula is C9H11F9O4. The van der Waals surface area contributed by atoms with Crippen LogP contribution in [0.1, 0.15) is 0 Å².